The second-order valence-corrected chi connectivity index (χ2v) is 10.5. The van der Waals surface area contributed by atoms with Crippen LogP contribution in [0.15, 0.2) is 36.4 Å². The Kier molecular flexibility index (Phi) is 5.85. The van der Waals surface area contributed by atoms with E-state index in [0.29, 0.717) is 11.5 Å². The minimum Gasteiger partial charge on any atom is -0.395 e. The van der Waals surface area contributed by atoms with Crippen LogP contribution in [-0.2, 0) is 15.4 Å². The van der Waals surface area contributed by atoms with Crippen LogP contribution in [0, 0.1) is 13.8 Å². The number of rotatable bonds is 4. The standard InChI is InChI=1S/C22H31O4P/c1-15-9-11-19(17(13-15)21(3,4)5)25-27(23,24)26-20-12-10-16(2)14-18(20)22(6,7)8/h9-14H,1-8H3,(H,23,24). The Hall–Kier alpha value is -1.77. The molecular weight excluding hydrogens is 359 g/mol. The van der Waals surface area contributed by atoms with Crippen LogP contribution in [-0.4, -0.2) is 4.89 Å². The van der Waals surface area contributed by atoms with E-state index in [9.17, 15) is 9.46 Å². The zero-order valence-electron chi connectivity index (χ0n) is 17.6. The molecule has 2 aromatic rings. The van der Waals surface area contributed by atoms with Gasteiger partial charge in [-0.1, -0.05) is 76.9 Å². The zero-order valence-corrected chi connectivity index (χ0v) is 18.5. The lowest BCUT2D eigenvalue weighted by molar-refractivity contribution is 0.286. The summed E-state index contributed by atoms with van der Waals surface area (Å²) in [6.07, 6.45) is 0. The van der Waals surface area contributed by atoms with Gasteiger partial charge in [0.15, 0.2) is 0 Å². The lowest BCUT2D eigenvalue weighted by atomic mass is 9.85. The summed E-state index contributed by atoms with van der Waals surface area (Å²) >= 11 is 0. The molecule has 0 aliphatic heterocycles. The molecule has 0 saturated carbocycles. The summed E-state index contributed by atoms with van der Waals surface area (Å²) in [6.45, 7) is 16.2. The van der Waals surface area contributed by atoms with E-state index in [2.05, 4.69) is 0 Å². The van der Waals surface area contributed by atoms with Crippen LogP contribution in [0.5, 0.6) is 11.5 Å². The molecule has 0 heterocycles. The number of hydrogen-bond acceptors (Lipinski definition) is 3. The molecule has 0 unspecified atom stereocenters. The van der Waals surface area contributed by atoms with Gasteiger partial charge in [0.05, 0.1) is 0 Å². The van der Waals surface area contributed by atoms with Crippen molar-refractivity contribution in [3.05, 3.63) is 58.7 Å². The van der Waals surface area contributed by atoms with Gasteiger partial charge in [0.1, 0.15) is 11.5 Å². The van der Waals surface area contributed by atoms with Crippen molar-refractivity contribution in [2.24, 2.45) is 0 Å². The summed E-state index contributed by atoms with van der Waals surface area (Å²) in [4.78, 5) is 10.5. The van der Waals surface area contributed by atoms with Crippen molar-refractivity contribution in [2.45, 2.75) is 66.2 Å². The molecule has 0 radical (unpaired) electrons. The topological polar surface area (TPSA) is 55.8 Å². The summed E-state index contributed by atoms with van der Waals surface area (Å²) in [5, 5.41) is 0. The fourth-order valence-corrected chi connectivity index (χ4v) is 3.74. The monoisotopic (exact) mass is 390 g/mol. The maximum atomic E-state index is 12.8. The zero-order chi connectivity index (χ0) is 20.6. The average molecular weight is 390 g/mol. The summed E-state index contributed by atoms with van der Waals surface area (Å²) in [5.74, 6) is 0.728. The van der Waals surface area contributed by atoms with Crippen LogP contribution < -0.4 is 9.05 Å². The van der Waals surface area contributed by atoms with Gasteiger partial charge < -0.3 is 9.05 Å². The van der Waals surface area contributed by atoms with Crippen LogP contribution in [0.4, 0.5) is 0 Å². The number of aryl methyl sites for hydroxylation is 2. The van der Waals surface area contributed by atoms with Gasteiger partial charge in [0.25, 0.3) is 0 Å². The fraction of sp³-hybridized carbons (Fsp3) is 0.455. The van der Waals surface area contributed by atoms with E-state index in [1.807, 2.05) is 79.7 Å². The third kappa shape index (κ3) is 5.60. The van der Waals surface area contributed by atoms with Gasteiger partial charge in [-0.05, 0) is 36.8 Å². The molecule has 0 fully saturated rings. The average Bonchev–Trinajstić information content (AvgIpc) is 2.48. The third-order valence-electron chi connectivity index (χ3n) is 4.31. The second-order valence-electron chi connectivity index (χ2n) is 9.15. The summed E-state index contributed by atoms with van der Waals surface area (Å²) in [7, 11) is -4.36. The number of phosphoric ester groups is 1. The highest BCUT2D eigenvalue weighted by Gasteiger charge is 2.31. The van der Waals surface area contributed by atoms with Crippen LogP contribution in [0.2, 0.25) is 0 Å². The second kappa shape index (κ2) is 7.33. The Balaban J connectivity index is 2.39. The Labute approximate surface area is 163 Å². The van der Waals surface area contributed by atoms with Gasteiger partial charge in [-0.3, -0.25) is 4.89 Å². The molecule has 1 N–H and O–H groups in total. The highest BCUT2D eigenvalue weighted by Crippen LogP contribution is 2.49. The number of phosphoric acid groups is 1. The first-order chi connectivity index (χ1) is 12.2. The highest BCUT2D eigenvalue weighted by molar-refractivity contribution is 7.48. The number of benzene rings is 2. The quantitative estimate of drug-likeness (QED) is 0.609. The normalized spacial score (nSPS) is 12.8. The molecule has 148 valence electrons. The summed E-state index contributed by atoms with van der Waals surface area (Å²) in [5.41, 5.74) is 3.38. The first-order valence-corrected chi connectivity index (χ1v) is 10.6. The Morgan fingerprint density at radius 2 is 1.07 bits per heavy atom. The first-order valence-electron chi connectivity index (χ1n) is 9.13. The van der Waals surface area contributed by atoms with Gasteiger partial charge in [0.2, 0.25) is 0 Å². The van der Waals surface area contributed by atoms with Gasteiger partial charge in [-0.25, -0.2) is 4.57 Å². The molecule has 27 heavy (non-hydrogen) atoms. The van der Waals surface area contributed by atoms with Crippen molar-refractivity contribution in [3.63, 3.8) is 0 Å². The molecule has 0 saturated heterocycles. The molecule has 4 nitrogen and oxygen atoms in total. The van der Waals surface area contributed by atoms with Crippen molar-refractivity contribution in [1.82, 2.24) is 0 Å². The van der Waals surface area contributed by atoms with Crippen LogP contribution in [0.3, 0.4) is 0 Å². The van der Waals surface area contributed by atoms with Crippen molar-refractivity contribution in [1.29, 1.82) is 0 Å². The Morgan fingerprint density at radius 3 is 1.37 bits per heavy atom. The van der Waals surface area contributed by atoms with Crippen molar-refractivity contribution < 1.29 is 18.5 Å². The molecule has 0 spiro atoms. The lowest BCUT2D eigenvalue weighted by Gasteiger charge is -2.26. The maximum absolute atomic E-state index is 12.8. The minimum atomic E-state index is -4.36. The smallest absolute Gasteiger partial charge is 0.395 e. The van der Waals surface area contributed by atoms with Gasteiger partial charge in [-0.2, -0.15) is 0 Å². The van der Waals surface area contributed by atoms with Gasteiger partial charge in [0, 0.05) is 11.1 Å². The molecule has 0 atom stereocenters. The van der Waals surface area contributed by atoms with Crippen LogP contribution in [0.25, 0.3) is 0 Å². The molecule has 0 bridgehead atoms. The fourth-order valence-electron chi connectivity index (χ4n) is 2.89. The van der Waals surface area contributed by atoms with E-state index < -0.39 is 7.82 Å². The van der Waals surface area contributed by atoms with E-state index in [0.717, 1.165) is 22.3 Å². The van der Waals surface area contributed by atoms with E-state index in [4.69, 9.17) is 9.05 Å². The SMILES string of the molecule is Cc1ccc(OP(=O)(O)Oc2ccc(C)cc2C(C)(C)C)c(C(C)(C)C)c1. The Bertz CT molecular complexity index is 803. The molecule has 2 aromatic carbocycles. The number of hydrogen-bond donors (Lipinski definition) is 1. The molecule has 0 aliphatic carbocycles. The molecule has 5 heteroatoms. The van der Waals surface area contributed by atoms with Crippen molar-refractivity contribution >= 4 is 7.82 Å². The van der Waals surface area contributed by atoms with E-state index in [-0.39, 0.29) is 10.8 Å². The van der Waals surface area contributed by atoms with Gasteiger partial charge >= 0.3 is 7.82 Å². The maximum Gasteiger partial charge on any atom is 0.584 e. The van der Waals surface area contributed by atoms with Crippen molar-refractivity contribution in [2.75, 3.05) is 0 Å². The van der Waals surface area contributed by atoms with E-state index >= 15 is 0 Å². The predicted octanol–water partition coefficient (Wildman–Crippen LogP) is 6.46. The van der Waals surface area contributed by atoms with E-state index in [1.54, 1.807) is 12.1 Å². The van der Waals surface area contributed by atoms with E-state index in [1.165, 1.54) is 0 Å². The lowest BCUT2D eigenvalue weighted by Crippen LogP contribution is -2.15. The molecule has 0 amide bonds. The van der Waals surface area contributed by atoms with Crippen LogP contribution >= 0.6 is 7.82 Å². The van der Waals surface area contributed by atoms with Gasteiger partial charge in [-0.15, -0.1) is 0 Å². The molecule has 2 rings (SSSR count). The first kappa shape index (κ1) is 21.5. The summed E-state index contributed by atoms with van der Waals surface area (Å²) in [6, 6.07) is 11.1. The minimum absolute atomic E-state index is 0.234. The van der Waals surface area contributed by atoms with Crippen molar-refractivity contribution in [3.8, 4) is 11.5 Å². The molecule has 0 aromatic heterocycles. The molecular formula is C22H31O4P. The molecule has 0 aliphatic rings. The third-order valence-corrected chi connectivity index (χ3v) is 5.17. The highest BCUT2D eigenvalue weighted by atomic mass is 31.2. The summed E-state index contributed by atoms with van der Waals surface area (Å²) < 4.78 is 23.8. The van der Waals surface area contributed by atoms with Crippen LogP contribution in [0.1, 0.15) is 63.8 Å². The largest absolute Gasteiger partial charge is 0.584 e. The predicted molar refractivity (Wildman–Crippen MR) is 111 cm³/mol. The Morgan fingerprint density at radius 1 is 0.741 bits per heavy atom.